The van der Waals surface area contributed by atoms with E-state index >= 15 is 0 Å². The molecule has 3 aromatic carbocycles. The summed E-state index contributed by atoms with van der Waals surface area (Å²) >= 11 is 0. The van der Waals surface area contributed by atoms with Crippen LogP contribution >= 0.6 is 0 Å². The smallest absolute Gasteiger partial charge is 0.262 e. The monoisotopic (exact) mass is 401 g/mol. The number of benzene rings is 3. The van der Waals surface area contributed by atoms with Crippen LogP contribution < -0.4 is 9.64 Å². The lowest BCUT2D eigenvalue weighted by atomic mass is 9.86. The molecule has 0 spiro atoms. The van der Waals surface area contributed by atoms with Gasteiger partial charge in [-0.15, -0.1) is 0 Å². The van der Waals surface area contributed by atoms with E-state index in [-0.39, 0.29) is 17.4 Å². The van der Waals surface area contributed by atoms with Crippen molar-refractivity contribution in [3.05, 3.63) is 90.0 Å². The fourth-order valence-electron chi connectivity index (χ4n) is 3.25. The highest BCUT2D eigenvalue weighted by Crippen LogP contribution is 2.30. The van der Waals surface area contributed by atoms with E-state index in [1.165, 1.54) is 5.56 Å². The van der Waals surface area contributed by atoms with Gasteiger partial charge in [-0.3, -0.25) is 9.69 Å². The molecule has 1 fully saturated rings. The first kappa shape index (κ1) is 20.2. The van der Waals surface area contributed by atoms with Crippen LogP contribution in [0.25, 0.3) is 0 Å². The molecule has 1 heterocycles. The number of epoxide rings is 1. The molecule has 0 N–H and O–H groups in total. The van der Waals surface area contributed by atoms with Crippen LogP contribution in [0.4, 0.5) is 11.4 Å². The van der Waals surface area contributed by atoms with Crippen LogP contribution in [0.3, 0.4) is 0 Å². The second kappa shape index (κ2) is 8.33. The Morgan fingerprint density at radius 2 is 1.53 bits per heavy atom. The first-order chi connectivity index (χ1) is 14.4. The molecule has 0 radical (unpaired) electrons. The molecular formula is C26H27NO3. The van der Waals surface area contributed by atoms with Crippen molar-refractivity contribution >= 4 is 17.3 Å². The Labute approximate surface area is 178 Å². The van der Waals surface area contributed by atoms with Crippen molar-refractivity contribution in [3.8, 4) is 5.75 Å². The van der Waals surface area contributed by atoms with Crippen molar-refractivity contribution in [2.24, 2.45) is 0 Å². The highest BCUT2D eigenvalue weighted by Gasteiger charge is 2.24. The van der Waals surface area contributed by atoms with Crippen LogP contribution in [0.5, 0.6) is 5.75 Å². The van der Waals surface area contributed by atoms with Gasteiger partial charge in [0.2, 0.25) is 0 Å². The van der Waals surface area contributed by atoms with E-state index in [2.05, 4.69) is 20.8 Å². The Morgan fingerprint density at radius 1 is 0.933 bits per heavy atom. The minimum atomic E-state index is -0.0679. The third-order valence-electron chi connectivity index (χ3n) is 5.15. The molecule has 1 unspecified atom stereocenters. The van der Waals surface area contributed by atoms with Gasteiger partial charge in [0.15, 0.2) is 0 Å². The standard InChI is InChI=1S/C26H27NO3/c1-26(2,3)20-11-9-19(10-12-20)25(28)27(21-7-5-4-6-8-21)22-13-15-23(16-14-22)29-17-24-18-30-24/h4-16,24H,17-18H2,1-3H3. The van der Waals surface area contributed by atoms with Gasteiger partial charge < -0.3 is 9.47 Å². The Morgan fingerprint density at radius 3 is 2.10 bits per heavy atom. The molecule has 0 saturated carbocycles. The molecule has 4 heteroatoms. The second-order valence-corrected chi connectivity index (χ2v) is 8.56. The number of rotatable bonds is 6. The number of hydrogen-bond donors (Lipinski definition) is 0. The van der Waals surface area contributed by atoms with Crippen molar-refractivity contribution in [1.82, 2.24) is 0 Å². The lowest BCUT2D eigenvalue weighted by Crippen LogP contribution is -2.26. The maximum absolute atomic E-state index is 13.5. The minimum Gasteiger partial charge on any atom is -0.491 e. The van der Waals surface area contributed by atoms with Gasteiger partial charge in [-0.05, 0) is 59.5 Å². The van der Waals surface area contributed by atoms with Crippen molar-refractivity contribution < 1.29 is 14.3 Å². The third kappa shape index (κ3) is 4.71. The van der Waals surface area contributed by atoms with E-state index in [0.717, 1.165) is 23.7 Å². The average molecular weight is 402 g/mol. The minimum absolute atomic E-state index is 0.0437. The van der Waals surface area contributed by atoms with Crippen LogP contribution in [0.2, 0.25) is 0 Å². The number of anilines is 2. The van der Waals surface area contributed by atoms with Gasteiger partial charge >= 0.3 is 0 Å². The molecule has 1 atom stereocenters. The summed E-state index contributed by atoms with van der Waals surface area (Å²) in [5.74, 6) is 0.700. The van der Waals surface area contributed by atoms with Crippen molar-refractivity contribution in [3.63, 3.8) is 0 Å². The zero-order valence-electron chi connectivity index (χ0n) is 17.7. The van der Waals surface area contributed by atoms with Crippen molar-refractivity contribution in [1.29, 1.82) is 0 Å². The largest absolute Gasteiger partial charge is 0.491 e. The van der Waals surface area contributed by atoms with Gasteiger partial charge in [0, 0.05) is 16.9 Å². The third-order valence-corrected chi connectivity index (χ3v) is 5.15. The summed E-state index contributed by atoms with van der Waals surface area (Å²) in [6.45, 7) is 7.82. The van der Waals surface area contributed by atoms with Crippen LogP contribution in [-0.4, -0.2) is 25.2 Å². The summed E-state index contributed by atoms with van der Waals surface area (Å²) in [6, 6.07) is 25.2. The normalized spacial score (nSPS) is 15.5. The predicted molar refractivity (Wildman–Crippen MR) is 120 cm³/mol. The highest BCUT2D eigenvalue weighted by molar-refractivity contribution is 6.10. The maximum Gasteiger partial charge on any atom is 0.262 e. The SMILES string of the molecule is CC(C)(C)c1ccc(C(=O)N(c2ccccc2)c2ccc(OCC3CO3)cc2)cc1. The summed E-state index contributed by atoms with van der Waals surface area (Å²) in [5, 5.41) is 0. The molecule has 0 bridgehead atoms. The number of para-hydroxylation sites is 1. The van der Waals surface area contributed by atoms with Crippen molar-refractivity contribution in [2.45, 2.75) is 32.3 Å². The number of carbonyl (C=O) groups excluding carboxylic acids is 1. The van der Waals surface area contributed by atoms with Gasteiger partial charge in [0.25, 0.3) is 5.91 Å². The summed E-state index contributed by atoms with van der Waals surface area (Å²) in [5.41, 5.74) is 3.51. The Bertz CT molecular complexity index is 985. The second-order valence-electron chi connectivity index (χ2n) is 8.56. The van der Waals surface area contributed by atoms with Crippen LogP contribution in [0.1, 0.15) is 36.7 Å². The lowest BCUT2D eigenvalue weighted by Gasteiger charge is -2.24. The molecule has 0 aromatic heterocycles. The first-order valence-corrected chi connectivity index (χ1v) is 10.3. The van der Waals surface area contributed by atoms with E-state index < -0.39 is 0 Å². The van der Waals surface area contributed by atoms with E-state index in [1.807, 2.05) is 78.9 Å². The molecule has 30 heavy (non-hydrogen) atoms. The number of amides is 1. The van der Waals surface area contributed by atoms with Gasteiger partial charge in [-0.25, -0.2) is 0 Å². The Kier molecular flexibility index (Phi) is 5.60. The highest BCUT2D eigenvalue weighted by atomic mass is 16.6. The fraction of sp³-hybridized carbons (Fsp3) is 0.269. The molecule has 1 amide bonds. The predicted octanol–water partition coefficient (Wildman–Crippen LogP) is 5.74. The molecule has 4 rings (SSSR count). The Balaban J connectivity index is 1.62. The summed E-state index contributed by atoms with van der Waals surface area (Å²) < 4.78 is 10.9. The quantitative estimate of drug-likeness (QED) is 0.495. The van der Waals surface area contributed by atoms with E-state index in [1.54, 1.807) is 4.90 Å². The Hall–Kier alpha value is -3.11. The number of nitrogens with zero attached hydrogens (tertiary/aromatic N) is 1. The molecule has 1 aliphatic heterocycles. The lowest BCUT2D eigenvalue weighted by molar-refractivity contribution is 0.0999. The van der Waals surface area contributed by atoms with Crippen LogP contribution in [0, 0.1) is 0 Å². The van der Waals surface area contributed by atoms with Gasteiger partial charge in [-0.2, -0.15) is 0 Å². The average Bonchev–Trinajstić information content (AvgIpc) is 3.58. The number of ether oxygens (including phenoxy) is 2. The topological polar surface area (TPSA) is 42.1 Å². The van der Waals surface area contributed by atoms with Gasteiger partial charge in [0.05, 0.1) is 6.61 Å². The summed E-state index contributed by atoms with van der Waals surface area (Å²) in [7, 11) is 0. The zero-order valence-corrected chi connectivity index (χ0v) is 17.7. The maximum atomic E-state index is 13.5. The molecular weight excluding hydrogens is 374 g/mol. The van der Waals surface area contributed by atoms with Crippen LogP contribution in [-0.2, 0) is 10.2 Å². The molecule has 1 saturated heterocycles. The molecule has 1 aliphatic rings. The number of hydrogen-bond acceptors (Lipinski definition) is 3. The fourth-order valence-corrected chi connectivity index (χ4v) is 3.25. The van der Waals surface area contributed by atoms with E-state index in [9.17, 15) is 4.79 Å². The molecule has 3 aromatic rings. The number of carbonyl (C=O) groups is 1. The first-order valence-electron chi connectivity index (χ1n) is 10.3. The molecule has 4 nitrogen and oxygen atoms in total. The summed E-state index contributed by atoms with van der Waals surface area (Å²) in [4.78, 5) is 15.2. The molecule has 154 valence electrons. The van der Waals surface area contributed by atoms with Crippen molar-refractivity contribution in [2.75, 3.05) is 18.1 Å². The van der Waals surface area contributed by atoms with Gasteiger partial charge in [-0.1, -0.05) is 51.1 Å². The summed E-state index contributed by atoms with van der Waals surface area (Å²) in [6.07, 6.45) is 0.211. The molecule has 0 aliphatic carbocycles. The zero-order chi connectivity index (χ0) is 21.1. The van der Waals surface area contributed by atoms with Crippen LogP contribution in [0.15, 0.2) is 78.9 Å². The van der Waals surface area contributed by atoms with Gasteiger partial charge in [0.1, 0.15) is 18.5 Å². The van der Waals surface area contributed by atoms with E-state index in [4.69, 9.17) is 9.47 Å². The van der Waals surface area contributed by atoms with E-state index in [0.29, 0.717) is 12.2 Å².